The van der Waals surface area contributed by atoms with Crippen molar-refractivity contribution >= 4 is 35.0 Å². The van der Waals surface area contributed by atoms with E-state index in [9.17, 15) is 4.79 Å². The van der Waals surface area contributed by atoms with Crippen LogP contribution in [0.3, 0.4) is 0 Å². The van der Waals surface area contributed by atoms with Crippen LogP contribution in [-0.2, 0) is 0 Å². The van der Waals surface area contributed by atoms with Crippen molar-refractivity contribution in [1.82, 2.24) is 5.32 Å². The minimum Gasteiger partial charge on any atom is -0.319 e. The number of carbonyl (C=O) groups excluding carboxylic acids is 1. The maximum absolute atomic E-state index is 12.5. The summed E-state index contributed by atoms with van der Waals surface area (Å²) in [7, 11) is 1.87. The van der Waals surface area contributed by atoms with Crippen molar-refractivity contribution in [3.63, 3.8) is 0 Å². The summed E-state index contributed by atoms with van der Waals surface area (Å²) in [6, 6.07) is 12.2. The molecule has 0 amide bonds. The molecule has 1 aliphatic rings. The van der Waals surface area contributed by atoms with Gasteiger partial charge in [-0.05, 0) is 23.4 Å². The lowest BCUT2D eigenvalue weighted by molar-refractivity contribution is 0.0945. The van der Waals surface area contributed by atoms with Crippen LogP contribution in [0, 0.1) is 5.92 Å². The number of ketones is 1. The zero-order chi connectivity index (χ0) is 12.5. The Balaban J connectivity index is 0.00000133. The summed E-state index contributed by atoms with van der Waals surface area (Å²) in [5, 5.41) is 5.26. The lowest BCUT2D eigenvalue weighted by Crippen LogP contribution is -2.27. The second-order valence-corrected chi connectivity index (χ2v) is 4.64. The molecular formula is C16H16ClNO. The van der Waals surface area contributed by atoms with Gasteiger partial charge >= 0.3 is 0 Å². The largest absolute Gasteiger partial charge is 0.319 e. The van der Waals surface area contributed by atoms with Crippen molar-refractivity contribution in [2.24, 2.45) is 5.92 Å². The highest BCUT2D eigenvalue weighted by atomic mass is 35.5. The van der Waals surface area contributed by atoms with Crippen molar-refractivity contribution in [2.75, 3.05) is 13.6 Å². The predicted molar refractivity (Wildman–Crippen MR) is 82.0 cm³/mol. The Morgan fingerprint density at radius 1 is 1.16 bits per heavy atom. The summed E-state index contributed by atoms with van der Waals surface area (Å²) in [5.41, 5.74) is 1.90. The molecule has 2 nitrogen and oxygen atoms in total. The fraction of sp³-hybridized carbons (Fsp3) is 0.188. The number of fused-ring (bicyclic) bond motifs is 3. The number of nitrogens with one attached hydrogen (secondary N) is 1. The van der Waals surface area contributed by atoms with Crippen LogP contribution in [0.2, 0.25) is 0 Å². The normalized spacial score (nSPS) is 17.1. The molecule has 2 aromatic carbocycles. The van der Waals surface area contributed by atoms with Crippen molar-refractivity contribution in [2.45, 2.75) is 0 Å². The standard InChI is InChI=1S/C16H15NO.ClH/c1-17-10-13-9-8-12-7-6-11-4-2-3-5-14(11)15(12)16(13)18;/h2-9,13,17H,10H2,1H3;1H. The summed E-state index contributed by atoms with van der Waals surface area (Å²) < 4.78 is 0. The number of hydrogen-bond acceptors (Lipinski definition) is 2. The van der Waals surface area contributed by atoms with Gasteiger partial charge in [-0.2, -0.15) is 0 Å². The third-order valence-corrected chi connectivity index (χ3v) is 3.48. The van der Waals surface area contributed by atoms with Gasteiger partial charge in [-0.25, -0.2) is 0 Å². The molecule has 1 atom stereocenters. The monoisotopic (exact) mass is 273 g/mol. The van der Waals surface area contributed by atoms with Crippen LogP contribution in [0.25, 0.3) is 16.8 Å². The van der Waals surface area contributed by atoms with E-state index >= 15 is 0 Å². The molecule has 19 heavy (non-hydrogen) atoms. The smallest absolute Gasteiger partial charge is 0.172 e. The molecule has 1 unspecified atom stereocenters. The van der Waals surface area contributed by atoms with E-state index in [1.165, 1.54) is 0 Å². The number of halogens is 1. The average Bonchev–Trinajstić information content (AvgIpc) is 2.41. The van der Waals surface area contributed by atoms with Crippen molar-refractivity contribution in [3.8, 4) is 0 Å². The van der Waals surface area contributed by atoms with Gasteiger partial charge in [0.25, 0.3) is 0 Å². The molecule has 0 aromatic heterocycles. The fourth-order valence-corrected chi connectivity index (χ4v) is 2.58. The molecule has 0 fully saturated rings. The molecule has 0 heterocycles. The summed E-state index contributed by atoms with van der Waals surface area (Å²) in [5.74, 6) is 0.173. The van der Waals surface area contributed by atoms with E-state index in [0.717, 1.165) is 21.9 Å². The molecule has 0 radical (unpaired) electrons. The first kappa shape index (κ1) is 13.8. The van der Waals surface area contributed by atoms with Crippen LogP contribution in [0.15, 0.2) is 42.5 Å². The number of Topliss-reactive ketones (excluding diaryl/α,β-unsaturated/α-hetero) is 1. The first-order chi connectivity index (χ1) is 8.81. The topological polar surface area (TPSA) is 29.1 Å². The fourth-order valence-electron chi connectivity index (χ4n) is 2.58. The van der Waals surface area contributed by atoms with Crippen molar-refractivity contribution in [1.29, 1.82) is 0 Å². The molecule has 0 saturated carbocycles. The van der Waals surface area contributed by atoms with E-state index in [1.54, 1.807) is 0 Å². The van der Waals surface area contributed by atoms with Crippen molar-refractivity contribution < 1.29 is 4.79 Å². The van der Waals surface area contributed by atoms with Gasteiger partial charge in [-0.1, -0.05) is 48.6 Å². The van der Waals surface area contributed by atoms with Crippen LogP contribution in [-0.4, -0.2) is 19.4 Å². The Bertz CT molecular complexity index is 648. The van der Waals surface area contributed by atoms with Gasteiger partial charge in [0.15, 0.2) is 5.78 Å². The predicted octanol–water partition coefficient (Wildman–Crippen LogP) is 3.31. The van der Waals surface area contributed by atoms with Gasteiger partial charge in [0, 0.05) is 12.1 Å². The maximum Gasteiger partial charge on any atom is 0.172 e. The Labute approximate surface area is 118 Å². The molecule has 98 valence electrons. The molecule has 0 aliphatic heterocycles. The number of benzene rings is 2. The van der Waals surface area contributed by atoms with E-state index in [0.29, 0.717) is 6.54 Å². The number of hydrogen-bond donors (Lipinski definition) is 1. The lowest BCUT2D eigenvalue weighted by atomic mass is 9.85. The van der Waals surface area contributed by atoms with E-state index in [1.807, 2.05) is 43.5 Å². The van der Waals surface area contributed by atoms with Gasteiger partial charge in [0.1, 0.15) is 0 Å². The lowest BCUT2D eigenvalue weighted by Gasteiger charge is -2.19. The summed E-state index contributed by atoms with van der Waals surface area (Å²) in [4.78, 5) is 12.5. The molecule has 0 saturated heterocycles. The summed E-state index contributed by atoms with van der Waals surface area (Å²) >= 11 is 0. The highest BCUT2D eigenvalue weighted by molar-refractivity contribution is 6.14. The maximum atomic E-state index is 12.5. The van der Waals surface area contributed by atoms with Crippen LogP contribution in [0.1, 0.15) is 15.9 Å². The first-order valence-corrected chi connectivity index (χ1v) is 6.20. The van der Waals surface area contributed by atoms with Gasteiger partial charge < -0.3 is 5.32 Å². The molecule has 2 aromatic rings. The third kappa shape index (κ3) is 2.29. The highest BCUT2D eigenvalue weighted by Crippen LogP contribution is 2.29. The molecule has 1 N–H and O–H groups in total. The van der Waals surface area contributed by atoms with E-state index in [-0.39, 0.29) is 24.1 Å². The molecule has 0 bridgehead atoms. The zero-order valence-corrected chi connectivity index (χ0v) is 11.5. The average molecular weight is 274 g/mol. The summed E-state index contributed by atoms with van der Waals surface area (Å²) in [6.07, 6.45) is 4.06. The van der Waals surface area contributed by atoms with Gasteiger partial charge in [-0.15, -0.1) is 12.4 Å². The SMILES string of the molecule is CNCC1C=Cc2ccc3ccccc3c2C1=O.Cl. The highest BCUT2D eigenvalue weighted by Gasteiger charge is 2.24. The van der Waals surface area contributed by atoms with Gasteiger partial charge in [0.2, 0.25) is 0 Å². The quantitative estimate of drug-likeness (QED) is 0.910. The molecule has 3 heteroatoms. The second kappa shape index (κ2) is 5.55. The second-order valence-electron chi connectivity index (χ2n) is 4.64. The first-order valence-electron chi connectivity index (χ1n) is 6.20. The Kier molecular flexibility index (Phi) is 4.03. The molecular weight excluding hydrogens is 258 g/mol. The molecule has 3 rings (SSSR count). The van der Waals surface area contributed by atoms with Crippen LogP contribution in [0.5, 0.6) is 0 Å². The van der Waals surface area contributed by atoms with Gasteiger partial charge in [-0.3, -0.25) is 4.79 Å². The van der Waals surface area contributed by atoms with E-state index in [4.69, 9.17) is 0 Å². The Morgan fingerprint density at radius 2 is 1.95 bits per heavy atom. The zero-order valence-electron chi connectivity index (χ0n) is 10.7. The molecule has 1 aliphatic carbocycles. The minimum atomic E-state index is -0.0479. The number of rotatable bonds is 2. The van der Waals surface area contributed by atoms with Crippen LogP contribution < -0.4 is 5.32 Å². The third-order valence-electron chi connectivity index (χ3n) is 3.48. The minimum absolute atomic E-state index is 0. The van der Waals surface area contributed by atoms with Crippen LogP contribution >= 0.6 is 12.4 Å². The Morgan fingerprint density at radius 3 is 2.74 bits per heavy atom. The van der Waals surface area contributed by atoms with Crippen LogP contribution in [0.4, 0.5) is 0 Å². The number of carbonyl (C=O) groups is 1. The van der Waals surface area contributed by atoms with E-state index < -0.39 is 0 Å². The Hall–Kier alpha value is -1.64. The summed E-state index contributed by atoms with van der Waals surface area (Å²) in [6.45, 7) is 0.692. The van der Waals surface area contributed by atoms with E-state index in [2.05, 4.69) is 17.5 Å². The van der Waals surface area contributed by atoms with Crippen molar-refractivity contribution in [3.05, 3.63) is 53.6 Å². The van der Waals surface area contributed by atoms with Gasteiger partial charge in [0.05, 0.1) is 5.92 Å². The molecule has 0 spiro atoms.